The summed E-state index contributed by atoms with van der Waals surface area (Å²) in [6, 6.07) is 11.8. The van der Waals surface area contributed by atoms with Crippen LogP contribution in [0.15, 0.2) is 48.8 Å². The van der Waals surface area contributed by atoms with Gasteiger partial charge in [-0.1, -0.05) is 18.2 Å². The molecule has 6 heteroatoms. The number of nitrogens with one attached hydrogen (secondary N) is 1. The molecule has 1 aliphatic rings. The molecule has 122 valence electrons. The quantitative estimate of drug-likeness (QED) is 0.786. The van der Waals surface area contributed by atoms with Crippen molar-refractivity contribution < 1.29 is 4.79 Å². The van der Waals surface area contributed by atoms with Gasteiger partial charge in [0.2, 0.25) is 0 Å². The molecule has 0 bridgehead atoms. The second-order valence-electron chi connectivity index (χ2n) is 6.27. The van der Waals surface area contributed by atoms with E-state index in [9.17, 15) is 4.79 Å². The summed E-state index contributed by atoms with van der Waals surface area (Å²) in [6.07, 6.45) is 6.10. The zero-order chi connectivity index (χ0) is 16.5. The highest BCUT2D eigenvalue weighted by molar-refractivity contribution is 5.92. The number of hydrogen-bond acceptors (Lipinski definition) is 3. The Kier molecular flexibility index (Phi) is 3.65. The van der Waals surface area contributed by atoms with Crippen molar-refractivity contribution in [1.29, 1.82) is 0 Å². The van der Waals surface area contributed by atoms with Crippen molar-refractivity contribution in [2.24, 2.45) is 0 Å². The van der Waals surface area contributed by atoms with Gasteiger partial charge in [0.15, 0.2) is 0 Å². The van der Waals surface area contributed by atoms with Gasteiger partial charge in [-0.15, -0.1) is 0 Å². The normalized spacial score (nSPS) is 13.9. The Morgan fingerprint density at radius 3 is 2.88 bits per heavy atom. The lowest BCUT2D eigenvalue weighted by molar-refractivity contribution is 0.0779. The van der Waals surface area contributed by atoms with Crippen LogP contribution in [-0.4, -0.2) is 37.8 Å². The largest absolute Gasteiger partial charge is 0.336 e. The maximum absolute atomic E-state index is 12.5. The molecule has 24 heavy (non-hydrogen) atoms. The summed E-state index contributed by atoms with van der Waals surface area (Å²) in [4.78, 5) is 14.2. The van der Waals surface area contributed by atoms with Crippen LogP contribution in [0.5, 0.6) is 0 Å². The number of benzene rings is 1. The summed E-state index contributed by atoms with van der Waals surface area (Å²) in [6.45, 7) is 0.497. The number of amides is 1. The van der Waals surface area contributed by atoms with E-state index in [0.717, 1.165) is 16.9 Å². The SMILES string of the molecule is CN(Cc1cnn(-c2ccccc2)c1)C(=O)c1cc(C2CC2)[nH]n1. The predicted molar refractivity (Wildman–Crippen MR) is 89.9 cm³/mol. The molecule has 0 unspecified atom stereocenters. The minimum Gasteiger partial charge on any atom is -0.336 e. The molecule has 0 atom stereocenters. The molecule has 0 saturated heterocycles. The lowest BCUT2D eigenvalue weighted by atomic mass is 10.2. The number of aromatic amines is 1. The third kappa shape index (κ3) is 2.95. The lowest BCUT2D eigenvalue weighted by Crippen LogP contribution is -2.26. The molecule has 1 N–H and O–H groups in total. The van der Waals surface area contributed by atoms with Crippen molar-refractivity contribution in [2.45, 2.75) is 25.3 Å². The van der Waals surface area contributed by atoms with E-state index in [-0.39, 0.29) is 5.91 Å². The fraction of sp³-hybridized carbons (Fsp3) is 0.278. The number of nitrogens with zero attached hydrogens (tertiary/aromatic N) is 4. The Balaban J connectivity index is 1.44. The smallest absolute Gasteiger partial charge is 0.274 e. The van der Waals surface area contributed by atoms with Crippen LogP contribution in [0.1, 0.15) is 40.5 Å². The van der Waals surface area contributed by atoms with Crippen LogP contribution in [0.2, 0.25) is 0 Å². The second-order valence-corrected chi connectivity index (χ2v) is 6.27. The van der Waals surface area contributed by atoms with Gasteiger partial charge in [-0.05, 0) is 31.0 Å². The first kappa shape index (κ1) is 14.7. The standard InChI is InChI=1S/C18H19N5O/c1-22(18(24)17-9-16(20-21-17)14-7-8-14)11-13-10-19-23(12-13)15-5-3-2-4-6-15/h2-6,9-10,12,14H,7-8,11H2,1H3,(H,20,21). The van der Waals surface area contributed by atoms with E-state index in [2.05, 4.69) is 15.3 Å². The number of H-pyrrole nitrogens is 1. The van der Waals surface area contributed by atoms with E-state index in [4.69, 9.17) is 0 Å². The van der Waals surface area contributed by atoms with Crippen molar-refractivity contribution >= 4 is 5.91 Å². The van der Waals surface area contributed by atoms with Crippen LogP contribution in [0.25, 0.3) is 5.69 Å². The van der Waals surface area contributed by atoms with Gasteiger partial charge in [0.05, 0.1) is 11.9 Å². The van der Waals surface area contributed by atoms with E-state index in [1.807, 2.05) is 47.3 Å². The summed E-state index contributed by atoms with van der Waals surface area (Å²) in [7, 11) is 1.79. The molecular weight excluding hydrogens is 302 g/mol. The van der Waals surface area contributed by atoms with Crippen molar-refractivity contribution in [2.75, 3.05) is 7.05 Å². The van der Waals surface area contributed by atoms with Crippen molar-refractivity contribution in [3.8, 4) is 5.69 Å². The highest BCUT2D eigenvalue weighted by Crippen LogP contribution is 2.39. The molecule has 0 aliphatic heterocycles. The van der Waals surface area contributed by atoms with Crippen LogP contribution in [-0.2, 0) is 6.54 Å². The molecule has 2 heterocycles. The van der Waals surface area contributed by atoms with Gasteiger partial charge < -0.3 is 4.90 Å². The molecule has 1 amide bonds. The summed E-state index contributed by atoms with van der Waals surface area (Å²) in [5.74, 6) is 0.485. The zero-order valence-electron chi connectivity index (χ0n) is 13.5. The molecule has 4 rings (SSSR count). The van der Waals surface area contributed by atoms with Crippen molar-refractivity contribution in [3.63, 3.8) is 0 Å². The molecule has 0 spiro atoms. The van der Waals surface area contributed by atoms with E-state index in [1.54, 1.807) is 18.1 Å². The predicted octanol–water partition coefficient (Wildman–Crippen LogP) is 2.75. The summed E-state index contributed by atoms with van der Waals surface area (Å²) < 4.78 is 1.81. The van der Waals surface area contributed by atoms with Gasteiger partial charge in [0, 0.05) is 37.0 Å². The average Bonchev–Trinajstić information content (AvgIpc) is 3.16. The Hall–Kier alpha value is -2.89. The summed E-state index contributed by atoms with van der Waals surface area (Å²) in [5.41, 5.74) is 3.53. The zero-order valence-corrected chi connectivity index (χ0v) is 13.5. The molecule has 0 radical (unpaired) electrons. The third-order valence-electron chi connectivity index (χ3n) is 4.26. The number of para-hydroxylation sites is 1. The van der Waals surface area contributed by atoms with E-state index < -0.39 is 0 Å². The van der Waals surface area contributed by atoms with Gasteiger partial charge in [0.1, 0.15) is 5.69 Å². The first-order valence-corrected chi connectivity index (χ1v) is 8.10. The summed E-state index contributed by atoms with van der Waals surface area (Å²) >= 11 is 0. The second kappa shape index (κ2) is 5.96. The maximum atomic E-state index is 12.5. The van der Waals surface area contributed by atoms with Crippen LogP contribution in [0.4, 0.5) is 0 Å². The van der Waals surface area contributed by atoms with Gasteiger partial charge in [-0.25, -0.2) is 4.68 Å². The molecule has 1 aromatic carbocycles. The number of carbonyl (C=O) groups excluding carboxylic acids is 1. The molecule has 1 saturated carbocycles. The minimum atomic E-state index is -0.0781. The van der Waals surface area contributed by atoms with E-state index >= 15 is 0 Å². The minimum absolute atomic E-state index is 0.0781. The van der Waals surface area contributed by atoms with Gasteiger partial charge in [0.25, 0.3) is 5.91 Å². The molecule has 1 fully saturated rings. The topological polar surface area (TPSA) is 66.8 Å². The van der Waals surface area contributed by atoms with Crippen LogP contribution < -0.4 is 0 Å². The van der Waals surface area contributed by atoms with Gasteiger partial charge >= 0.3 is 0 Å². The number of carbonyl (C=O) groups is 1. The Labute approximate surface area is 140 Å². The molecular formula is C18H19N5O. The van der Waals surface area contributed by atoms with Crippen LogP contribution in [0, 0.1) is 0 Å². The monoisotopic (exact) mass is 321 g/mol. The Morgan fingerprint density at radius 1 is 1.33 bits per heavy atom. The van der Waals surface area contributed by atoms with E-state index in [1.165, 1.54) is 12.8 Å². The number of aromatic nitrogens is 4. The van der Waals surface area contributed by atoms with Crippen LogP contribution >= 0.6 is 0 Å². The molecule has 2 aromatic heterocycles. The fourth-order valence-electron chi connectivity index (χ4n) is 2.75. The summed E-state index contributed by atoms with van der Waals surface area (Å²) in [5, 5.41) is 11.5. The van der Waals surface area contributed by atoms with E-state index in [0.29, 0.717) is 18.2 Å². The molecule has 1 aliphatic carbocycles. The first-order valence-electron chi connectivity index (χ1n) is 8.10. The Morgan fingerprint density at radius 2 is 2.12 bits per heavy atom. The van der Waals surface area contributed by atoms with Gasteiger partial charge in [-0.2, -0.15) is 10.2 Å². The first-order chi connectivity index (χ1) is 11.7. The van der Waals surface area contributed by atoms with Crippen molar-refractivity contribution in [1.82, 2.24) is 24.9 Å². The number of rotatable bonds is 5. The highest BCUT2D eigenvalue weighted by Gasteiger charge is 2.27. The van der Waals surface area contributed by atoms with Crippen LogP contribution in [0.3, 0.4) is 0 Å². The fourth-order valence-corrected chi connectivity index (χ4v) is 2.75. The Bertz CT molecular complexity index is 847. The average molecular weight is 321 g/mol. The molecule has 6 nitrogen and oxygen atoms in total. The third-order valence-corrected chi connectivity index (χ3v) is 4.26. The molecule has 3 aromatic rings. The number of hydrogen-bond donors (Lipinski definition) is 1. The lowest BCUT2D eigenvalue weighted by Gasteiger charge is -2.14. The van der Waals surface area contributed by atoms with Gasteiger partial charge in [-0.3, -0.25) is 9.89 Å². The van der Waals surface area contributed by atoms with Crippen molar-refractivity contribution in [3.05, 3.63) is 65.7 Å². The highest BCUT2D eigenvalue weighted by atomic mass is 16.2. The maximum Gasteiger partial charge on any atom is 0.274 e.